The van der Waals surface area contributed by atoms with Gasteiger partial charge in [0.25, 0.3) is 0 Å². The highest BCUT2D eigenvalue weighted by molar-refractivity contribution is 5.66. The minimum absolute atomic E-state index is 0.341. The van der Waals surface area contributed by atoms with Gasteiger partial charge in [-0.3, -0.25) is 4.79 Å². The molecule has 0 aliphatic heterocycles. The Labute approximate surface area is 124 Å². The van der Waals surface area contributed by atoms with Crippen molar-refractivity contribution < 1.29 is 9.90 Å². The fourth-order valence-electron chi connectivity index (χ4n) is 2.04. The first kappa shape index (κ1) is 18.7. The molecule has 0 saturated carbocycles. The molecule has 0 amide bonds. The Kier molecular flexibility index (Phi) is 11.9. The quantitative estimate of drug-likeness (QED) is 0.636. The van der Waals surface area contributed by atoms with Gasteiger partial charge in [0, 0.05) is 6.42 Å². The average Bonchev–Trinajstić information content (AvgIpc) is 2.38. The Balaban J connectivity index is 0.000000388. The zero-order valence-corrected chi connectivity index (χ0v) is 13.3. The van der Waals surface area contributed by atoms with Crippen LogP contribution in [0.1, 0.15) is 69.4 Å². The van der Waals surface area contributed by atoms with Crippen molar-refractivity contribution in [1.29, 1.82) is 0 Å². The number of hydrogen-bond donors (Lipinski definition) is 1. The van der Waals surface area contributed by atoms with E-state index in [4.69, 9.17) is 5.11 Å². The van der Waals surface area contributed by atoms with Crippen LogP contribution in [0.2, 0.25) is 0 Å². The molecule has 1 rings (SSSR count). The second-order valence-corrected chi connectivity index (χ2v) is 5.42. The molecular formula is C18H30O2. The third-order valence-corrected chi connectivity index (χ3v) is 3.17. The maximum Gasteiger partial charge on any atom is 0.303 e. The van der Waals surface area contributed by atoms with Crippen LogP contribution in [0.25, 0.3) is 0 Å². The summed E-state index contributed by atoms with van der Waals surface area (Å²) in [7, 11) is 0. The van der Waals surface area contributed by atoms with Crippen molar-refractivity contribution in [3.63, 3.8) is 0 Å². The van der Waals surface area contributed by atoms with Crippen LogP contribution in [0.15, 0.2) is 24.3 Å². The van der Waals surface area contributed by atoms with Crippen molar-refractivity contribution in [3.8, 4) is 0 Å². The van der Waals surface area contributed by atoms with Gasteiger partial charge in [0.2, 0.25) is 0 Å². The van der Waals surface area contributed by atoms with Gasteiger partial charge < -0.3 is 5.11 Å². The van der Waals surface area contributed by atoms with Crippen molar-refractivity contribution >= 4 is 5.97 Å². The Hall–Kier alpha value is -1.31. The maximum atomic E-state index is 10.1. The molecule has 0 fully saturated rings. The number of carboxylic acid groups (broad SMARTS) is 1. The van der Waals surface area contributed by atoms with Crippen molar-refractivity contribution in [2.45, 2.75) is 72.1 Å². The summed E-state index contributed by atoms with van der Waals surface area (Å²) in [5.41, 5.74) is 2.68. The third kappa shape index (κ3) is 13.1. The van der Waals surface area contributed by atoms with E-state index < -0.39 is 5.97 Å². The second-order valence-electron chi connectivity index (χ2n) is 5.42. The summed E-state index contributed by atoms with van der Waals surface area (Å²) >= 11 is 0. The van der Waals surface area contributed by atoms with E-state index in [2.05, 4.69) is 45.0 Å². The molecule has 0 aliphatic rings. The molecule has 2 nitrogen and oxygen atoms in total. The Morgan fingerprint density at radius 2 is 1.45 bits per heavy atom. The van der Waals surface area contributed by atoms with Crippen LogP contribution < -0.4 is 0 Å². The number of aliphatic carboxylic acids is 1. The lowest BCUT2D eigenvalue weighted by Gasteiger charge is -1.98. The summed E-state index contributed by atoms with van der Waals surface area (Å²) in [4.78, 5) is 10.1. The Morgan fingerprint density at radius 1 is 0.950 bits per heavy atom. The smallest absolute Gasteiger partial charge is 0.303 e. The molecule has 0 heterocycles. The van der Waals surface area contributed by atoms with Gasteiger partial charge in [-0.05, 0) is 20.3 Å². The molecule has 0 spiro atoms. The summed E-state index contributed by atoms with van der Waals surface area (Å²) in [5.74, 6) is -0.663. The number of hydrogen-bond acceptors (Lipinski definition) is 1. The third-order valence-electron chi connectivity index (χ3n) is 3.17. The summed E-state index contributed by atoms with van der Waals surface area (Å²) in [6, 6.07) is 8.45. The molecule has 20 heavy (non-hydrogen) atoms. The fraction of sp³-hybridized carbons (Fsp3) is 0.611. The zero-order valence-electron chi connectivity index (χ0n) is 13.3. The van der Waals surface area contributed by atoms with Crippen molar-refractivity contribution in [3.05, 3.63) is 35.4 Å². The first-order chi connectivity index (χ1) is 9.56. The molecule has 1 N–H and O–H groups in total. The van der Waals surface area contributed by atoms with Crippen molar-refractivity contribution in [2.75, 3.05) is 0 Å². The number of benzene rings is 1. The highest BCUT2D eigenvalue weighted by Gasteiger charge is 1.95. The lowest BCUT2D eigenvalue weighted by Crippen LogP contribution is -1.93. The topological polar surface area (TPSA) is 37.3 Å². The minimum atomic E-state index is -0.663. The molecule has 0 radical (unpaired) electrons. The van der Waals surface area contributed by atoms with Crippen LogP contribution in [0, 0.1) is 13.8 Å². The van der Waals surface area contributed by atoms with Gasteiger partial charge in [-0.25, -0.2) is 0 Å². The highest BCUT2D eigenvalue weighted by atomic mass is 16.4. The molecule has 0 saturated heterocycles. The first-order valence-electron chi connectivity index (χ1n) is 7.81. The highest BCUT2D eigenvalue weighted by Crippen LogP contribution is 2.07. The van der Waals surface area contributed by atoms with Crippen LogP contribution in [-0.4, -0.2) is 11.1 Å². The van der Waals surface area contributed by atoms with E-state index in [-0.39, 0.29) is 0 Å². The number of aryl methyl sites for hydroxylation is 2. The summed E-state index contributed by atoms with van der Waals surface area (Å²) in [6.07, 6.45) is 8.64. The summed E-state index contributed by atoms with van der Waals surface area (Å²) in [5, 5.41) is 8.35. The standard InChI is InChI=1S/C10H20O2.C8H10/c1-2-3-4-5-6-7-8-9-10(11)12;1-7-4-3-5-8(2)6-7/h2-9H2,1H3,(H,11,12);3-6H,1-2H3. The van der Waals surface area contributed by atoms with Crippen LogP contribution in [-0.2, 0) is 4.79 Å². The second kappa shape index (κ2) is 12.7. The van der Waals surface area contributed by atoms with Gasteiger partial charge >= 0.3 is 5.97 Å². The molecule has 0 aromatic heterocycles. The number of carboxylic acids is 1. The number of rotatable bonds is 8. The predicted octanol–water partition coefficient (Wildman–Crippen LogP) is 5.52. The molecule has 2 heteroatoms. The lowest BCUT2D eigenvalue weighted by molar-refractivity contribution is -0.137. The zero-order chi connectivity index (χ0) is 15.2. The fourth-order valence-corrected chi connectivity index (χ4v) is 2.04. The monoisotopic (exact) mass is 278 g/mol. The van der Waals surface area contributed by atoms with Crippen molar-refractivity contribution in [2.24, 2.45) is 0 Å². The van der Waals surface area contributed by atoms with Gasteiger partial charge in [-0.2, -0.15) is 0 Å². The summed E-state index contributed by atoms with van der Waals surface area (Å²) in [6.45, 7) is 6.41. The minimum Gasteiger partial charge on any atom is -0.481 e. The van der Waals surface area contributed by atoms with Gasteiger partial charge in [-0.15, -0.1) is 0 Å². The van der Waals surface area contributed by atoms with Gasteiger partial charge in [0.15, 0.2) is 0 Å². The average molecular weight is 278 g/mol. The predicted molar refractivity (Wildman–Crippen MR) is 86.2 cm³/mol. The Bertz CT molecular complexity index is 341. The van der Waals surface area contributed by atoms with E-state index in [1.54, 1.807) is 0 Å². The normalized spacial score (nSPS) is 9.75. The van der Waals surface area contributed by atoms with Crippen molar-refractivity contribution in [1.82, 2.24) is 0 Å². The van der Waals surface area contributed by atoms with Gasteiger partial charge in [0.05, 0.1) is 0 Å². The van der Waals surface area contributed by atoms with E-state index in [0.717, 1.165) is 12.8 Å². The van der Waals surface area contributed by atoms with Crippen LogP contribution in [0.4, 0.5) is 0 Å². The van der Waals surface area contributed by atoms with Gasteiger partial charge in [-0.1, -0.05) is 80.8 Å². The van der Waals surface area contributed by atoms with Crippen LogP contribution in [0.3, 0.4) is 0 Å². The largest absolute Gasteiger partial charge is 0.481 e. The van der Waals surface area contributed by atoms with E-state index in [0.29, 0.717) is 6.42 Å². The molecule has 0 aliphatic carbocycles. The molecule has 1 aromatic rings. The Morgan fingerprint density at radius 3 is 1.85 bits per heavy atom. The maximum absolute atomic E-state index is 10.1. The summed E-state index contributed by atoms with van der Waals surface area (Å²) < 4.78 is 0. The van der Waals surface area contributed by atoms with Crippen LogP contribution in [0.5, 0.6) is 0 Å². The van der Waals surface area contributed by atoms with E-state index in [1.807, 2.05) is 0 Å². The molecule has 114 valence electrons. The number of carbonyl (C=O) groups is 1. The lowest BCUT2D eigenvalue weighted by atomic mass is 10.1. The molecular weight excluding hydrogens is 248 g/mol. The molecule has 0 atom stereocenters. The first-order valence-corrected chi connectivity index (χ1v) is 7.81. The van der Waals surface area contributed by atoms with Crippen LogP contribution >= 0.6 is 0 Å². The molecule has 0 unspecified atom stereocenters. The SMILES string of the molecule is CCCCCCCCCC(=O)O.Cc1cccc(C)c1. The molecule has 0 bridgehead atoms. The molecule has 1 aromatic carbocycles. The number of unbranched alkanes of at least 4 members (excludes halogenated alkanes) is 6. The van der Waals surface area contributed by atoms with E-state index in [9.17, 15) is 4.79 Å². The van der Waals surface area contributed by atoms with E-state index >= 15 is 0 Å². The van der Waals surface area contributed by atoms with Gasteiger partial charge in [0.1, 0.15) is 0 Å². The van der Waals surface area contributed by atoms with E-state index in [1.165, 1.54) is 43.2 Å².